The van der Waals surface area contributed by atoms with Crippen LogP contribution in [0.3, 0.4) is 0 Å². The lowest BCUT2D eigenvalue weighted by atomic mass is 10.0. The number of hydrogen-bond acceptors (Lipinski definition) is 2. The maximum Gasteiger partial charge on any atom is 0.266 e. The predicted octanol–water partition coefficient (Wildman–Crippen LogP) is 11.1. The van der Waals surface area contributed by atoms with Gasteiger partial charge in [-0.05, 0) is 30.2 Å². The van der Waals surface area contributed by atoms with Gasteiger partial charge < -0.3 is 0 Å². The van der Waals surface area contributed by atoms with E-state index in [1.165, 1.54) is 0 Å². The summed E-state index contributed by atoms with van der Waals surface area (Å²) in [7, 11) is 0. The minimum absolute atomic E-state index is 0.0485. The third-order valence-electron chi connectivity index (χ3n) is 4.97. The number of halogens is 7. The van der Waals surface area contributed by atoms with Crippen LogP contribution in [0.1, 0.15) is 43.0 Å². The van der Waals surface area contributed by atoms with Crippen LogP contribution in [0.15, 0.2) is 106 Å². The first-order valence-electron chi connectivity index (χ1n) is 11.0. The summed E-state index contributed by atoms with van der Waals surface area (Å²) in [5.41, 5.74) is 5.11. The van der Waals surface area contributed by atoms with E-state index in [-0.39, 0.29) is 11.6 Å². The average molecular weight is 783 g/mol. The number of carbonyl (C=O) groups is 2. The van der Waals surface area contributed by atoms with Gasteiger partial charge in [0.15, 0.2) is 11.6 Å². The molecular weight excluding hydrogens is 762 g/mol. The maximum atomic E-state index is 12.2. The molecule has 0 aliphatic carbocycles. The highest BCUT2D eigenvalue weighted by Gasteiger charge is 2.12. The molecule has 4 aromatic rings. The Hall–Kier alpha value is -1.18. The molecule has 9 heteroatoms. The van der Waals surface area contributed by atoms with Gasteiger partial charge in [0, 0.05) is 36.5 Å². The second-order valence-electron chi connectivity index (χ2n) is 7.72. The molecule has 4 rings (SSSR count). The van der Waals surface area contributed by atoms with E-state index < -0.39 is 3.25 Å². The topological polar surface area (TPSA) is 34.1 Å². The fourth-order valence-corrected chi connectivity index (χ4v) is 4.81. The Balaban J connectivity index is 0.000000228. The van der Waals surface area contributed by atoms with Crippen LogP contribution in [0.2, 0.25) is 0 Å². The molecule has 198 valence electrons. The molecule has 0 spiro atoms. The Morgan fingerprint density at radius 1 is 0.632 bits per heavy atom. The van der Waals surface area contributed by atoms with E-state index in [0.29, 0.717) is 16.7 Å². The first-order valence-corrected chi connectivity index (χ1v) is 15.2. The van der Waals surface area contributed by atoms with Crippen LogP contribution < -0.4 is 0 Å². The second-order valence-corrected chi connectivity index (χ2v) is 13.4. The van der Waals surface area contributed by atoms with Gasteiger partial charge in [0.1, 0.15) is 0 Å². The Kier molecular flexibility index (Phi) is 14.1. The zero-order valence-corrected chi connectivity index (χ0v) is 27.7. The van der Waals surface area contributed by atoms with E-state index in [9.17, 15) is 9.59 Å². The van der Waals surface area contributed by atoms with Gasteiger partial charge in [0.05, 0.1) is 0 Å². The SMILES string of the molecule is Cc1ccc(C(=O)c2ccccc2)cc1Br.ClC(Cl)(Cl)Cl.O=C(c1ccccc1)c1ccc(CBr)c(Br)c1. The molecule has 0 amide bonds. The molecule has 0 unspecified atom stereocenters. The lowest BCUT2D eigenvalue weighted by molar-refractivity contribution is 0.103. The summed E-state index contributed by atoms with van der Waals surface area (Å²) in [5, 5.41) is 0.771. The van der Waals surface area contributed by atoms with Gasteiger partial charge in [0.25, 0.3) is 3.25 Å². The van der Waals surface area contributed by atoms with Gasteiger partial charge in [0.2, 0.25) is 0 Å². The van der Waals surface area contributed by atoms with Crippen LogP contribution in [-0.4, -0.2) is 14.8 Å². The molecule has 0 bridgehead atoms. The van der Waals surface area contributed by atoms with Crippen molar-refractivity contribution < 1.29 is 9.59 Å². The zero-order valence-electron chi connectivity index (χ0n) is 19.9. The van der Waals surface area contributed by atoms with E-state index in [2.05, 4.69) is 47.8 Å². The van der Waals surface area contributed by atoms with Gasteiger partial charge in [-0.15, -0.1) is 0 Å². The third kappa shape index (κ3) is 11.5. The van der Waals surface area contributed by atoms with Crippen molar-refractivity contribution >= 4 is 106 Å². The number of aryl methyl sites for hydroxylation is 1. The molecule has 0 saturated heterocycles. The number of alkyl halides is 5. The van der Waals surface area contributed by atoms with Gasteiger partial charge in [-0.25, -0.2) is 0 Å². The average Bonchev–Trinajstić information content (AvgIpc) is 2.90. The molecule has 0 aliphatic heterocycles. The van der Waals surface area contributed by atoms with Crippen molar-refractivity contribution in [3.8, 4) is 0 Å². The lowest BCUT2D eigenvalue weighted by Crippen LogP contribution is -2.01. The van der Waals surface area contributed by atoms with E-state index in [1.54, 1.807) is 0 Å². The van der Waals surface area contributed by atoms with Gasteiger partial charge in [-0.3, -0.25) is 9.59 Å². The van der Waals surface area contributed by atoms with E-state index >= 15 is 0 Å². The maximum absolute atomic E-state index is 12.2. The molecule has 0 saturated carbocycles. The van der Waals surface area contributed by atoms with Crippen molar-refractivity contribution in [2.45, 2.75) is 15.5 Å². The normalized spacial score (nSPS) is 10.4. The minimum Gasteiger partial charge on any atom is -0.289 e. The summed E-state index contributed by atoms with van der Waals surface area (Å²) in [4.78, 5) is 24.3. The van der Waals surface area contributed by atoms with Crippen LogP contribution in [-0.2, 0) is 5.33 Å². The Morgan fingerprint density at radius 2 is 1.03 bits per heavy atom. The standard InChI is InChI=1S/C14H10Br2O.C14H11BrO.CCl4/c15-9-12-7-6-11(8-13(12)16)14(17)10-4-2-1-3-5-10;1-10-7-8-12(9-13(10)15)14(16)11-5-3-2-4-6-11;2-1(3,4)5/h1-8H,9H2;2-9H,1H3;. The number of rotatable bonds is 5. The Bertz CT molecular complexity index is 1350. The van der Waals surface area contributed by atoms with E-state index in [1.807, 2.05) is 104 Å². The van der Waals surface area contributed by atoms with Crippen molar-refractivity contribution in [3.05, 3.63) is 139 Å². The lowest BCUT2D eigenvalue weighted by Gasteiger charge is -2.04. The molecule has 0 fully saturated rings. The number of hydrogen-bond donors (Lipinski definition) is 0. The van der Waals surface area contributed by atoms with Crippen molar-refractivity contribution in [1.82, 2.24) is 0 Å². The molecule has 0 N–H and O–H groups in total. The summed E-state index contributed by atoms with van der Waals surface area (Å²) >= 11 is 29.6. The van der Waals surface area contributed by atoms with Gasteiger partial charge >= 0.3 is 0 Å². The van der Waals surface area contributed by atoms with Crippen molar-refractivity contribution in [3.63, 3.8) is 0 Å². The van der Waals surface area contributed by atoms with Gasteiger partial charge in [-0.2, -0.15) is 0 Å². The number of benzene rings is 4. The highest BCUT2D eigenvalue weighted by Crippen LogP contribution is 2.30. The van der Waals surface area contributed by atoms with Crippen LogP contribution in [0.25, 0.3) is 0 Å². The first kappa shape index (κ1) is 33.0. The molecule has 0 radical (unpaired) electrons. The summed E-state index contributed by atoms with van der Waals surface area (Å²) in [5.74, 6) is 0.105. The molecule has 0 aliphatic rings. The van der Waals surface area contributed by atoms with Crippen molar-refractivity contribution in [1.29, 1.82) is 0 Å². The zero-order chi connectivity index (χ0) is 28.3. The molecule has 38 heavy (non-hydrogen) atoms. The van der Waals surface area contributed by atoms with Crippen molar-refractivity contribution in [2.75, 3.05) is 0 Å². The third-order valence-corrected chi connectivity index (χ3v) is 7.16. The predicted molar refractivity (Wildman–Crippen MR) is 172 cm³/mol. The quantitative estimate of drug-likeness (QED) is 0.149. The van der Waals surface area contributed by atoms with Crippen LogP contribution >= 0.6 is 94.2 Å². The molecule has 0 aromatic heterocycles. The van der Waals surface area contributed by atoms with Crippen LogP contribution in [0.5, 0.6) is 0 Å². The molecule has 0 atom stereocenters. The second kappa shape index (κ2) is 16.2. The fraction of sp³-hybridized carbons (Fsp3) is 0.103. The Labute approximate surface area is 268 Å². The molecule has 4 aromatic carbocycles. The fourth-order valence-electron chi connectivity index (χ4n) is 3.04. The van der Waals surface area contributed by atoms with E-state index in [4.69, 9.17) is 46.4 Å². The summed E-state index contributed by atoms with van der Waals surface area (Å²) in [6, 6.07) is 30.0. The summed E-state index contributed by atoms with van der Waals surface area (Å²) in [6.07, 6.45) is 0. The highest BCUT2D eigenvalue weighted by atomic mass is 79.9. The smallest absolute Gasteiger partial charge is 0.266 e. The van der Waals surface area contributed by atoms with E-state index in [0.717, 1.165) is 31.0 Å². The molecular formula is C29H21Br3Cl4O2. The number of ketones is 2. The van der Waals surface area contributed by atoms with Gasteiger partial charge in [-0.1, -0.05) is 179 Å². The summed E-state index contributed by atoms with van der Waals surface area (Å²) in [6.45, 7) is 2.00. The van der Waals surface area contributed by atoms with Crippen LogP contribution in [0, 0.1) is 6.92 Å². The highest BCUT2D eigenvalue weighted by molar-refractivity contribution is 9.11. The van der Waals surface area contributed by atoms with Crippen LogP contribution in [0.4, 0.5) is 0 Å². The monoisotopic (exact) mass is 778 g/mol. The van der Waals surface area contributed by atoms with Crippen molar-refractivity contribution in [2.24, 2.45) is 0 Å². The molecule has 2 nitrogen and oxygen atoms in total. The number of carbonyl (C=O) groups excluding carboxylic acids is 2. The Morgan fingerprint density at radius 3 is 1.39 bits per heavy atom. The molecule has 0 heterocycles. The largest absolute Gasteiger partial charge is 0.289 e. The summed E-state index contributed by atoms with van der Waals surface area (Å²) < 4.78 is 0.311. The minimum atomic E-state index is -1.61. The first-order chi connectivity index (χ1) is 17.9.